The zero-order valence-electron chi connectivity index (χ0n) is 19.2. The summed E-state index contributed by atoms with van der Waals surface area (Å²) in [4.78, 5) is 25.1. The Morgan fingerprint density at radius 1 is 1.00 bits per heavy atom. The van der Waals surface area contributed by atoms with Crippen LogP contribution in [0.1, 0.15) is 31.7 Å². The van der Waals surface area contributed by atoms with Crippen LogP contribution in [0, 0.1) is 0 Å². The van der Waals surface area contributed by atoms with Gasteiger partial charge in [-0.1, -0.05) is 54.6 Å². The van der Waals surface area contributed by atoms with Gasteiger partial charge in [-0.05, 0) is 36.5 Å². The molecule has 0 spiro atoms. The van der Waals surface area contributed by atoms with Crippen LogP contribution in [0.25, 0.3) is 33.4 Å². The van der Waals surface area contributed by atoms with Crippen molar-refractivity contribution in [2.45, 2.75) is 31.7 Å². The molecule has 0 atom stereocenters. The van der Waals surface area contributed by atoms with Crippen molar-refractivity contribution < 1.29 is 4.79 Å². The van der Waals surface area contributed by atoms with Crippen molar-refractivity contribution >= 4 is 22.9 Å². The van der Waals surface area contributed by atoms with E-state index < -0.39 is 0 Å². The van der Waals surface area contributed by atoms with E-state index in [0.29, 0.717) is 24.7 Å². The highest BCUT2D eigenvalue weighted by atomic mass is 16.1. The number of nitrogens with one attached hydrogen (secondary N) is 2. The molecule has 1 aliphatic carbocycles. The molecular formula is C27H28N6O. The third kappa shape index (κ3) is 4.47. The molecule has 4 N–H and O–H groups in total. The molecule has 2 aromatic carbocycles. The van der Waals surface area contributed by atoms with Gasteiger partial charge in [0.15, 0.2) is 5.65 Å². The van der Waals surface area contributed by atoms with Crippen molar-refractivity contribution in [1.82, 2.24) is 20.3 Å². The van der Waals surface area contributed by atoms with Crippen LogP contribution in [0.2, 0.25) is 0 Å². The van der Waals surface area contributed by atoms with Crippen molar-refractivity contribution in [3.8, 4) is 22.4 Å². The van der Waals surface area contributed by atoms with Gasteiger partial charge in [0.2, 0.25) is 11.9 Å². The predicted octanol–water partition coefficient (Wildman–Crippen LogP) is 4.24. The van der Waals surface area contributed by atoms with Crippen LogP contribution in [0.5, 0.6) is 0 Å². The number of hydrogen-bond acceptors (Lipinski definition) is 6. The minimum absolute atomic E-state index is 0.0649. The summed E-state index contributed by atoms with van der Waals surface area (Å²) in [7, 11) is 0. The van der Waals surface area contributed by atoms with Crippen LogP contribution in [0.4, 0.5) is 5.95 Å². The quantitative estimate of drug-likeness (QED) is 0.362. The molecular weight excluding hydrogens is 424 g/mol. The van der Waals surface area contributed by atoms with Crippen LogP contribution < -0.4 is 16.4 Å². The lowest BCUT2D eigenvalue weighted by atomic mass is 9.72. The summed E-state index contributed by atoms with van der Waals surface area (Å²) in [6.45, 7) is 2.52. The second-order valence-electron chi connectivity index (χ2n) is 8.85. The number of fused-ring (bicyclic) bond motifs is 1. The first-order chi connectivity index (χ1) is 16.5. The average Bonchev–Trinajstić information content (AvgIpc) is 2.85. The molecule has 7 nitrogen and oxygen atoms in total. The number of anilines is 1. The van der Waals surface area contributed by atoms with E-state index in [4.69, 9.17) is 10.7 Å². The number of carbonyl (C=O) groups excluding carboxylic acids is 1. The lowest BCUT2D eigenvalue weighted by Crippen LogP contribution is -2.43. The highest BCUT2D eigenvalue weighted by Crippen LogP contribution is 2.40. The van der Waals surface area contributed by atoms with E-state index in [9.17, 15) is 4.79 Å². The zero-order chi connectivity index (χ0) is 23.5. The van der Waals surface area contributed by atoms with E-state index in [0.717, 1.165) is 40.6 Å². The van der Waals surface area contributed by atoms with E-state index in [1.165, 1.54) is 18.9 Å². The topological polar surface area (TPSA) is 106 Å². The molecule has 5 rings (SSSR count). The van der Waals surface area contributed by atoms with Gasteiger partial charge in [-0.3, -0.25) is 4.79 Å². The molecule has 1 saturated carbocycles. The number of pyridine rings is 1. The Kier molecular flexibility index (Phi) is 5.94. The van der Waals surface area contributed by atoms with Gasteiger partial charge in [0.1, 0.15) is 0 Å². The fourth-order valence-corrected chi connectivity index (χ4v) is 4.33. The summed E-state index contributed by atoms with van der Waals surface area (Å²) < 4.78 is 0. The van der Waals surface area contributed by atoms with E-state index >= 15 is 0 Å². The van der Waals surface area contributed by atoms with Crippen LogP contribution >= 0.6 is 0 Å². The Bertz CT molecular complexity index is 1320. The second-order valence-corrected chi connectivity index (χ2v) is 8.85. The van der Waals surface area contributed by atoms with Crippen LogP contribution in [0.15, 0.2) is 66.9 Å². The van der Waals surface area contributed by atoms with Crippen molar-refractivity contribution in [2.24, 2.45) is 5.73 Å². The SMILES string of the molecule is CC(=O)NCCNc1ncc2cc(-c3ccccc3)c(-c3ccc(C4(N)CCC4)cc3)nc2n1. The van der Waals surface area contributed by atoms with Gasteiger partial charge in [-0.25, -0.2) is 9.97 Å². The lowest BCUT2D eigenvalue weighted by molar-refractivity contribution is -0.118. The van der Waals surface area contributed by atoms with Gasteiger partial charge < -0.3 is 16.4 Å². The van der Waals surface area contributed by atoms with Crippen molar-refractivity contribution in [3.05, 3.63) is 72.4 Å². The average molecular weight is 453 g/mol. The summed E-state index contributed by atoms with van der Waals surface area (Å²) in [5.74, 6) is 0.416. The molecule has 172 valence electrons. The largest absolute Gasteiger partial charge is 0.355 e. The molecule has 0 unspecified atom stereocenters. The van der Waals surface area contributed by atoms with Gasteiger partial charge in [0, 0.05) is 48.3 Å². The Hall–Kier alpha value is -3.84. The molecule has 1 aliphatic rings. The Morgan fingerprint density at radius 2 is 1.76 bits per heavy atom. The fraction of sp³-hybridized carbons (Fsp3) is 0.259. The van der Waals surface area contributed by atoms with Crippen molar-refractivity contribution in [3.63, 3.8) is 0 Å². The summed E-state index contributed by atoms with van der Waals surface area (Å²) in [5.41, 5.74) is 12.1. The minimum atomic E-state index is -0.192. The number of carbonyl (C=O) groups is 1. The smallest absolute Gasteiger partial charge is 0.224 e. The summed E-state index contributed by atoms with van der Waals surface area (Å²) in [5, 5.41) is 6.76. The third-order valence-electron chi connectivity index (χ3n) is 6.41. The maximum absolute atomic E-state index is 11.1. The molecule has 1 fully saturated rings. The molecule has 0 saturated heterocycles. The Morgan fingerprint density at radius 3 is 2.44 bits per heavy atom. The van der Waals surface area contributed by atoms with Crippen molar-refractivity contribution in [2.75, 3.05) is 18.4 Å². The highest BCUT2D eigenvalue weighted by molar-refractivity contribution is 5.90. The molecule has 1 amide bonds. The van der Waals surface area contributed by atoms with E-state index in [-0.39, 0.29) is 11.4 Å². The van der Waals surface area contributed by atoms with Gasteiger partial charge in [-0.2, -0.15) is 4.98 Å². The van der Waals surface area contributed by atoms with Crippen LogP contribution in [0.3, 0.4) is 0 Å². The predicted molar refractivity (Wildman–Crippen MR) is 135 cm³/mol. The second kappa shape index (κ2) is 9.19. The van der Waals surface area contributed by atoms with Crippen LogP contribution in [-0.2, 0) is 10.3 Å². The Balaban J connectivity index is 1.52. The molecule has 2 aromatic heterocycles. The minimum Gasteiger partial charge on any atom is -0.355 e. The van der Waals surface area contributed by atoms with E-state index in [1.807, 2.05) is 18.2 Å². The summed E-state index contributed by atoms with van der Waals surface area (Å²) in [6.07, 6.45) is 5.03. The molecule has 4 aromatic rings. The molecule has 0 radical (unpaired) electrons. The van der Waals surface area contributed by atoms with Gasteiger partial charge >= 0.3 is 0 Å². The molecule has 7 heteroatoms. The Labute approximate surface area is 198 Å². The van der Waals surface area contributed by atoms with E-state index in [1.54, 1.807) is 6.20 Å². The normalized spacial score (nSPS) is 14.4. The zero-order valence-corrected chi connectivity index (χ0v) is 19.2. The van der Waals surface area contributed by atoms with Crippen LogP contribution in [-0.4, -0.2) is 33.9 Å². The summed E-state index contributed by atoms with van der Waals surface area (Å²) in [6, 6.07) is 20.8. The maximum atomic E-state index is 11.1. The van der Waals surface area contributed by atoms with Crippen molar-refractivity contribution in [1.29, 1.82) is 0 Å². The number of aromatic nitrogens is 3. The monoisotopic (exact) mass is 452 g/mol. The number of rotatable bonds is 7. The van der Waals surface area contributed by atoms with Gasteiger partial charge in [0.25, 0.3) is 0 Å². The number of nitrogens with two attached hydrogens (primary N) is 1. The van der Waals surface area contributed by atoms with E-state index in [2.05, 4.69) is 63.1 Å². The number of benzene rings is 2. The third-order valence-corrected chi connectivity index (χ3v) is 6.41. The molecule has 0 aliphatic heterocycles. The highest BCUT2D eigenvalue weighted by Gasteiger charge is 2.34. The maximum Gasteiger partial charge on any atom is 0.224 e. The standard InChI is InChI=1S/C27H28N6O/c1-18(34)29-14-15-30-26-31-17-21-16-23(19-6-3-2-4-7-19)24(32-25(21)33-26)20-8-10-22(11-9-20)27(28)12-5-13-27/h2-4,6-11,16-17H,5,12-15,28H2,1H3,(H,29,34)(H,30,31,32,33). The van der Waals surface area contributed by atoms with Gasteiger partial charge in [0.05, 0.1) is 5.69 Å². The molecule has 34 heavy (non-hydrogen) atoms. The first-order valence-electron chi connectivity index (χ1n) is 11.6. The first-order valence-corrected chi connectivity index (χ1v) is 11.6. The first kappa shape index (κ1) is 22.0. The lowest BCUT2D eigenvalue weighted by Gasteiger charge is -2.38. The number of nitrogens with zero attached hydrogens (tertiary/aromatic N) is 3. The molecule has 0 bridgehead atoms. The molecule has 2 heterocycles. The van der Waals surface area contributed by atoms with Gasteiger partial charge in [-0.15, -0.1) is 0 Å². The fourth-order valence-electron chi connectivity index (χ4n) is 4.33. The number of amides is 1. The summed E-state index contributed by atoms with van der Waals surface area (Å²) >= 11 is 0. The number of hydrogen-bond donors (Lipinski definition) is 3.